The molecule has 4 heteroatoms. The van der Waals surface area contributed by atoms with Gasteiger partial charge in [-0.15, -0.1) is 0 Å². The van der Waals surface area contributed by atoms with Crippen molar-refractivity contribution in [2.75, 3.05) is 0 Å². The Balaban J connectivity index is 2.23. The average molecular weight is 366 g/mol. The summed E-state index contributed by atoms with van der Waals surface area (Å²) in [7, 11) is 1.90. The molecule has 0 fully saturated rings. The molecule has 1 aromatic carbocycles. The van der Waals surface area contributed by atoms with E-state index < -0.39 is 0 Å². The van der Waals surface area contributed by atoms with E-state index in [-0.39, 0.29) is 5.78 Å². The van der Waals surface area contributed by atoms with Gasteiger partial charge in [-0.25, -0.2) is 0 Å². The van der Waals surface area contributed by atoms with E-state index in [4.69, 9.17) is 0 Å². The summed E-state index contributed by atoms with van der Waals surface area (Å²) in [6.07, 6.45) is 3.46. The van der Waals surface area contributed by atoms with E-state index in [1.54, 1.807) is 6.08 Å². The van der Waals surface area contributed by atoms with Gasteiger partial charge in [-0.1, -0.05) is 12.1 Å². The zero-order valence-electron chi connectivity index (χ0n) is 11.1. The predicted molar refractivity (Wildman–Crippen MR) is 85.2 cm³/mol. The van der Waals surface area contributed by atoms with Gasteiger partial charge < -0.3 is 0 Å². The van der Waals surface area contributed by atoms with Gasteiger partial charge in [0.2, 0.25) is 0 Å². The lowest BCUT2D eigenvalue weighted by Gasteiger charge is -1.97. The van der Waals surface area contributed by atoms with E-state index in [1.807, 2.05) is 55.9 Å². The Morgan fingerprint density at radius 1 is 1.26 bits per heavy atom. The molecule has 0 atom stereocenters. The lowest BCUT2D eigenvalue weighted by Crippen LogP contribution is -1.94. The summed E-state index contributed by atoms with van der Waals surface area (Å²) in [4.78, 5) is 12.0. The molecule has 0 bridgehead atoms. The first-order valence-electron chi connectivity index (χ1n) is 5.97. The van der Waals surface area contributed by atoms with Crippen molar-refractivity contribution in [2.45, 2.75) is 13.8 Å². The number of hydrogen-bond acceptors (Lipinski definition) is 2. The van der Waals surface area contributed by atoms with E-state index >= 15 is 0 Å². The van der Waals surface area contributed by atoms with Gasteiger partial charge in [0.15, 0.2) is 5.78 Å². The number of allylic oxidation sites excluding steroid dienone is 1. The monoisotopic (exact) mass is 366 g/mol. The molecular weight excluding hydrogens is 351 g/mol. The summed E-state index contributed by atoms with van der Waals surface area (Å²) in [5.74, 6) is 0.0130. The zero-order chi connectivity index (χ0) is 14.0. The molecule has 0 radical (unpaired) electrons. The van der Waals surface area contributed by atoms with Crippen LogP contribution in [-0.2, 0) is 7.05 Å². The van der Waals surface area contributed by atoms with Gasteiger partial charge in [0.05, 0.1) is 5.69 Å². The maximum Gasteiger partial charge on any atom is 0.185 e. The van der Waals surface area contributed by atoms with Crippen LogP contribution in [0.3, 0.4) is 0 Å². The smallest absolute Gasteiger partial charge is 0.185 e. The maximum absolute atomic E-state index is 12.0. The number of aromatic nitrogens is 2. The third-order valence-corrected chi connectivity index (χ3v) is 3.81. The van der Waals surface area contributed by atoms with Gasteiger partial charge in [-0.3, -0.25) is 9.48 Å². The fourth-order valence-corrected chi connectivity index (χ4v) is 2.26. The van der Waals surface area contributed by atoms with Gasteiger partial charge in [-0.05, 0) is 60.7 Å². The number of halogens is 1. The highest BCUT2D eigenvalue weighted by atomic mass is 127. The Labute approximate surface area is 126 Å². The van der Waals surface area contributed by atoms with Gasteiger partial charge in [-0.2, -0.15) is 5.10 Å². The van der Waals surface area contributed by atoms with Crippen LogP contribution in [0.2, 0.25) is 0 Å². The molecule has 0 saturated heterocycles. The third-order valence-electron chi connectivity index (χ3n) is 3.10. The van der Waals surface area contributed by atoms with E-state index in [2.05, 4.69) is 27.7 Å². The molecule has 3 nitrogen and oxygen atoms in total. The van der Waals surface area contributed by atoms with Crippen molar-refractivity contribution < 1.29 is 4.79 Å². The average Bonchev–Trinajstić information content (AvgIpc) is 2.62. The number of hydrogen-bond donors (Lipinski definition) is 0. The van der Waals surface area contributed by atoms with Crippen LogP contribution in [0.1, 0.15) is 27.3 Å². The molecule has 19 heavy (non-hydrogen) atoms. The number of carbonyl (C=O) groups excluding carboxylic acids is 1. The van der Waals surface area contributed by atoms with Crippen molar-refractivity contribution in [3.63, 3.8) is 0 Å². The first-order valence-corrected chi connectivity index (χ1v) is 7.05. The number of ketones is 1. The van der Waals surface area contributed by atoms with E-state index in [9.17, 15) is 4.79 Å². The summed E-state index contributed by atoms with van der Waals surface area (Å²) in [5.41, 5.74) is 3.72. The number of carbonyl (C=O) groups is 1. The Morgan fingerprint density at radius 3 is 2.42 bits per heavy atom. The minimum absolute atomic E-state index is 0.0130. The number of aryl methyl sites for hydroxylation is 2. The molecule has 1 heterocycles. The SMILES string of the molecule is Cc1nn(C)c(C)c1C=CC(=O)c1ccc(I)cc1. The van der Waals surface area contributed by atoms with Crippen LogP contribution in [0, 0.1) is 17.4 Å². The van der Waals surface area contributed by atoms with Crippen molar-refractivity contribution in [1.82, 2.24) is 9.78 Å². The highest BCUT2D eigenvalue weighted by Gasteiger charge is 2.07. The van der Waals surface area contributed by atoms with Crippen LogP contribution in [0.4, 0.5) is 0 Å². The highest BCUT2D eigenvalue weighted by Crippen LogP contribution is 2.15. The number of rotatable bonds is 3. The highest BCUT2D eigenvalue weighted by molar-refractivity contribution is 14.1. The molecule has 0 amide bonds. The van der Waals surface area contributed by atoms with Gasteiger partial charge in [0, 0.05) is 27.4 Å². The lowest BCUT2D eigenvalue weighted by molar-refractivity contribution is 0.104. The van der Waals surface area contributed by atoms with E-state index in [0.717, 1.165) is 20.5 Å². The summed E-state index contributed by atoms with van der Waals surface area (Å²) in [6.45, 7) is 3.94. The second kappa shape index (κ2) is 5.69. The molecule has 0 aliphatic heterocycles. The molecule has 0 unspecified atom stereocenters. The minimum Gasteiger partial charge on any atom is -0.289 e. The lowest BCUT2D eigenvalue weighted by atomic mass is 10.1. The van der Waals surface area contributed by atoms with Crippen LogP contribution < -0.4 is 0 Å². The number of benzene rings is 1. The fraction of sp³-hybridized carbons (Fsp3) is 0.200. The molecule has 0 aliphatic carbocycles. The molecule has 2 aromatic rings. The predicted octanol–water partition coefficient (Wildman–Crippen LogP) is 3.54. The number of nitrogens with zero attached hydrogens (tertiary/aromatic N) is 2. The van der Waals surface area contributed by atoms with Gasteiger partial charge in [0.25, 0.3) is 0 Å². The molecule has 0 N–H and O–H groups in total. The van der Waals surface area contributed by atoms with Crippen LogP contribution in [0.15, 0.2) is 30.3 Å². The Bertz CT molecular complexity index is 639. The van der Waals surface area contributed by atoms with Gasteiger partial charge >= 0.3 is 0 Å². The summed E-state index contributed by atoms with van der Waals surface area (Å²) in [5, 5.41) is 4.33. The van der Waals surface area contributed by atoms with Crippen molar-refractivity contribution >= 4 is 34.5 Å². The van der Waals surface area contributed by atoms with Crippen LogP contribution >= 0.6 is 22.6 Å². The fourth-order valence-electron chi connectivity index (χ4n) is 1.90. The standard InChI is InChI=1S/C15H15IN2O/c1-10-14(11(2)18(3)17-10)8-9-15(19)12-4-6-13(16)7-5-12/h4-9H,1-3H3. The van der Waals surface area contributed by atoms with Crippen molar-refractivity contribution in [3.05, 3.63) is 56.4 Å². The van der Waals surface area contributed by atoms with E-state index in [1.165, 1.54) is 0 Å². The Morgan fingerprint density at radius 2 is 1.89 bits per heavy atom. The first-order chi connectivity index (χ1) is 8.99. The molecule has 0 aliphatic rings. The molecule has 1 aromatic heterocycles. The maximum atomic E-state index is 12.0. The molecular formula is C15H15IN2O. The van der Waals surface area contributed by atoms with Crippen molar-refractivity contribution in [3.8, 4) is 0 Å². The van der Waals surface area contributed by atoms with E-state index in [0.29, 0.717) is 5.56 Å². The van der Waals surface area contributed by atoms with Crippen LogP contribution in [-0.4, -0.2) is 15.6 Å². The minimum atomic E-state index is 0.0130. The normalized spacial score (nSPS) is 11.2. The second-order valence-corrected chi connectivity index (χ2v) is 5.66. The second-order valence-electron chi connectivity index (χ2n) is 4.41. The molecule has 0 spiro atoms. The zero-order valence-corrected chi connectivity index (χ0v) is 13.3. The van der Waals surface area contributed by atoms with Crippen LogP contribution in [0.25, 0.3) is 6.08 Å². The Kier molecular flexibility index (Phi) is 4.19. The third kappa shape index (κ3) is 3.12. The van der Waals surface area contributed by atoms with Crippen molar-refractivity contribution in [1.29, 1.82) is 0 Å². The molecule has 0 saturated carbocycles. The summed E-state index contributed by atoms with van der Waals surface area (Å²) >= 11 is 2.22. The molecule has 98 valence electrons. The summed E-state index contributed by atoms with van der Waals surface area (Å²) in [6, 6.07) is 7.55. The van der Waals surface area contributed by atoms with Gasteiger partial charge in [0.1, 0.15) is 0 Å². The first kappa shape index (κ1) is 14.0. The molecule has 2 rings (SSSR count). The largest absolute Gasteiger partial charge is 0.289 e. The van der Waals surface area contributed by atoms with Crippen LogP contribution in [0.5, 0.6) is 0 Å². The van der Waals surface area contributed by atoms with Crippen molar-refractivity contribution in [2.24, 2.45) is 7.05 Å². The Hall–Kier alpha value is -1.43. The summed E-state index contributed by atoms with van der Waals surface area (Å²) < 4.78 is 2.95. The topological polar surface area (TPSA) is 34.9 Å². The quantitative estimate of drug-likeness (QED) is 0.473.